The van der Waals surface area contributed by atoms with Crippen molar-refractivity contribution in [3.8, 4) is 0 Å². The third-order valence-electron chi connectivity index (χ3n) is 8.48. The van der Waals surface area contributed by atoms with Crippen LogP contribution in [0.5, 0.6) is 0 Å². The average molecular weight is 1010 g/mol. The Kier molecular flexibility index (Phi) is 13.4. The molecule has 0 aliphatic rings. The third-order valence-corrected chi connectivity index (χ3v) is 9.47. The maximum absolute atomic E-state index is 13.0. The molecule has 6 rings (SSSR count). The number of carbonyl (C=O) groups excluding carboxylic acids is 2. The predicted octanol–water partition coefficient (Wildman–Crippen LogP) is 14.6. The second kappa shape index (κ2) is 17.5. The maximum Gasteiger partial charge on any atom is 0.416 e. The van der Waals surface area contributed by atoms with Crippen molar-refractivity contribution < 1.29 is 80.6 Å². The number of hydrogen-bond acceptors (Lipinski definition) is 6. The monoisotopic (exact) mass is 1000 g/mol. The van der Waals surface area contributed by atoms with Crippen molar-refractivity contribution in [2.75, 3.05) is 17.3 Å². The molecule has 0 aliphatic carbocycles. The summed E-state index contributed by atoms with van der Waals surface area (Å²) in [4.78, 5) is 25.6. The summed E-state index contributed by atoms with van der Waals surface area (Å²) in [6.45, 7) is 1.60. The van der Waals surface area contributed by atoms with E-state index in [9.17, 15) is 62.3 Å². The largest absolute Gasteiger partial charge is 0.459 e. The number of carbonyl (C=O) groups is 2. The number of nitrogens with one attached hydrogen (secondary N) is 1. The summed E-state index contributed by atoms with van der Waals surface area (Å²) in [5, 5.41) is 3.51. The van der Waals surface area contributed by atoms with Gasteiger partial charge in [0.25, 0.3) is 0 Å². The van der Waals surface area contributed by atoms with E-state index in [-0.39, 0.29) is 17.8 Å². The Bertz CT molecular complexity index is 2530. The molecule has 2 aromatic heterocycles. The van der Waals surface area contributed by atoms with Crippen LogP contribution in [0.2, 0.25) is 0 Å². The molecule has 0 saturated carbocycles. The average Bonchev–Trinajstić information content (AvgIpc) is 3.64. The van der Waals surface area contributed by atoms with E-state index in [0.29, 0.717) is 72.4 Å². The van der Waals surface area contributed by atoms with Crippen LogP contribution in [-0.2, 0) is 47.4 Å². The first-order valence-electron chi connectivity index (χ1n) is 16.9. The molecule has 0 saturated heterocycles. The molecule has 326 valence electrons. The molecule has 0 aliphatic heterocycles. The minimum absolute atomic E-state index is 0.00238. The highest BCUT2D eigenvalue weighted by Gasteiger charge is 2.38. The van der Waals surface area contributed by atoms with Gasteiger partial charge in [-0.25, -0.2) is 9.59 Å². The van der Waals surface area contributed by atoms with Crippen molar-refractivity contribution in [2.45, 2.75) is 51.8 Å². The molecule has 2 heterocycles. The van der Waals surface area contributed by atoms with E-state index in [0.717, 1.165) is 4.90 Å². The van der Waals surface area contributed by atoms with Crippen molar-refractivity contribution in [1.82, 2.24) is 0 Å². The van der Waals surface area contributed by atoms with E-state index >= 15 is 0 Å². The molecular weight excluding hydrogens is 980 g/mol. The summed E-state index contributed by atoms with van der Waals surface area (Å²) < 4.78 is 178. The molecule has 61 heavy (non-hydrogen) atoms. The summed E-state index contributed by atoms with van der Waals surface area (Å²) in [5.41, 5.74) is -5.24. The second-order valence-corrected chi connectivity index (χ2v) is 14.8. The standard InChI is InChI=1S/C20H14BrF6NO3.C19H12BrF6NO3/c1-10-17(15-8-14(21)3-4-16(15)31-10)28(2)18(29)30-9-11-5-12(19(22,23)24)7-13(6-11)20(25,26)27;1-9-16(14-7-13(20)2-3-15(14)30-9)27-17(28)29-8-10-4-11(18(21,22)23)6-12(5-10)19(24,25)26/h3-8H,9H2,1-2H3;2-7H,8H2,1H3,(H,27,28). The molecule has 6 aromatic rings. The normalized spacial score (nSPS) is 12.3. The third kappa shape index (κ3) is 11.5. The van der Waals surface area contributed by atoms with Gasteiger partial charge in [-0.15, -0.1) is 0 Å². The number of ether oxygens (including phenoxy) is 2. The zero-order chi connectivity index (χ0) is 45.4. The van der Waals surface area contributed by atoms with Crippen LogP contribution in [0.4, 0.5) is 73.6 Å². The SMILES string of the molecule is Cc1oc2ccc(Br)cc2c1N(C)C(=O)OCc1cc(C(F)(F)F)cc(C(F)(F)F)c1.Cc1oc2ccc(Br)cc2c1NC(=O)OCc1cc(C(F)(F)F)cc(C(F)(F)F)c1. The molecule has 0 spiro atoms. The van der Waals surface area contributed by atoms with Gasteiger partial charge in [-0.1, -0.05) is 31.9 Å². The Hall–Kier alpha value is -5.38. The number of furan rings is 2. The lowest BCUT2D eigenvalue weighted by atomic mass is 10.1. The van der Waals surface area contributed by atoms with E-state index in [4.69, 9.17) is 18.3 Å². The number of benzene rings is 4. The lowest BCUT2D eigenvalue weighted by Crippen LogP contribution is -2.27. The molecule has 4 aromatic carbocycles. The van der Waals surface area contributed by atoms with E-state index in [1.165, 1.54) is 7.05 Å². The lowest BCUT2D eigenvalue weighted by Gasteiger charge is -2.18. The first-order chi connectivity index (χ1) is 28.1. The number of alkyl halides is 12. The molecule has 0 bridgehead atoms. The van der Waals surface area contributed by atoms with Gasteiger partial charge in [-0.2, -0.15) is 52.7 Å². The van der Waals surface area contributed by atoms with E-state index in [1.54, 1.807) is 50.2 Å². The number of fused-ring (bicyclic) bond motifs is 2. The number of halogens is 14. The zero-order valence-corrected chi connectivity index (χ0v) is 34.2. The number of amides is 2. The molecule has 0 fully saturated rings. The number of aryl methyl sites for hydroxylation is 2. The van der Waals surface area contributed by atoms with Crippen molar-refractivity contribution in [2.24, 2.45) is 0 Å². The van der Waals surface area contributed by atoms with Gasteiger partial charge in [0.2, 0.25) is 0 Å². The van der Waals surface area contributed by atoms with Crippen LogP contribution >= 0.6 is 31.9 Å². The molecule has 2 amide bonds. The Morgan fingerprint density at radius 1 is 0.590 bits per heavy atom. The fourth-order valence-corrected chi connectivity index (χ4v) is 6.49. The number of rotatable bonds is 6. The molecule has 0 radical (unpaired) electrons. The fraction of sp³-hybridized carbons (Fsp3) is 0.231. The van der Waals surface area contributed by atoms with Crippen molar-refractivity contribution in [1.29, 1.82) is 0 Å². The van der Waals surface area contributed by atoms with Gasteiger partial charge < -0.3 is 18.3 Å². The fourth-order valence-electron chi connectivity index (χ4n) is 5.77. The summed E-state index contributed by atoms with van der Waals surface area (Å²) in [5.74, 6) is 0.726. The van der Waals surface area contributed by atoms with Crippen LogP contribution in [0.15, 0.2) is 90.6 Å². The number of anilines is 2. The van der Waals surface area contributed by atoms with Crippen LogP contribution in [-0.4, -0.2) is 19.2 Å². The highest BCUT2D eigenvalue weighted by atomic mass is 79.9. The molecular formula is C39H26Br2F12N2O6. The smallest absolute Gasteiger partial charge is 0.416 e. The lowest BCUT2D eigenvalue weighted by molar-refractivity contribution is -0.144. The van der Waals surface area contributed by atoms with Gasteiger partial charge in [-0.05, 0) is 97.8 Å². The first-order valence-corrected chi connectivity index (χ1v) is 18.5. The van der Waals surface area contributed by atoms with Crippen LogP contribution in [0.25, 0.3) is 21.9 Å². The summed E-state index contributed by atoms with van der Waals surface area (Å²) in [6.07, 6.45) is -22.0. The van der Waals surface area contributed by atoms with Crippen molar-refractivity contribution >= 4 is 77.4 Å². The highest BCUT2D eigenvalue weighted by Crippen LogP contribution is 2.39. The summed E-state index contributed by atoms with van der Waals surface area (Å²) >= 11 is 6.59. The number of nitrogens with zero attached hydrogens (tertiary/aromatic N) is 1. The molecule has 1 N–H and O–H groups in total. The summed E-state index contributed by atoms with van der Waals surface area (Å²) in [7, 11) is 1.35. The van der Waals surface area contributed by atoms with Gasteiger partial charge >= 0.3 is 36.9 Å². The van der Waals surface area contributed by atoms with E-state index < -0.39 is 83.5 Å². The van der Waals surface area contributed by atoms with Crippen LogP contribution in [0, 0.1) is 13.8 Å². The second-order valence-electron chi connectivity index (χ2n) is 13.0. The summed E-state index contributed by atoms with van der Waals surface area (Å²) in [6, 6.07) is 12.2. The highest BCUT2D eigenvalue weighted by molar-refractivity contribution is 9.10. The van der Waals surface area contributed by atoms with E-state index in [2.05, 4.69) is 37.2 Å². The quantitative estimate of drug-likeness (QED) is 0.167. The zero-order valence-electron chi connectivity index (χ0n) is 31.0. The Labute approximate surface area is 352 Å². The maximum atomic E-state index is 13.0. The Morgan fingerprint density at radius 2 is 0.984 bits per heavy atom. The minimum Gasteiger partial charge on any atom is -0.459 e. The van der Waals surface area contributed by atoms with Crippen LogP contribution in [0.1, 0.15) is 44.9 Å². The molecule has 0 atom stereocenters. The van der Waals surface area contributed by atoms with Gasteiger partial charge in [-0.3, -0.25) is 10.2 Å². The van der Waals surface area contributed by atoms with Gasteiger partial charge in [0.05, 0.1) is 33.6 Å². The topological polar surface area (TPSA) is 94.2 Å². The van der Waals surface area contributed by atoms with E-state index in [1.807, 2.05) is 0 Å². The minimum atomic E-state index is -4.99. The first kappa shape index (κ1) is 46.7. The predicted molar refractivity (Wildman–Crippen MR) is 203 cm³/mol. The molecule has 8 nitrogen and oxygen atoms in total. The van der Waals surface area contributed by atoms with Gasteiger partial charge in [0, 0.05) is 26.8 Å². The Balaban J connectivity index is 0.000000231. The number of hydrogen-bond donors (Lipinski definition) is 1. The van der Waals surface area contributed by atoms with Gasteiger partial charge in [0.15, 0.2) is 0 Å². The molecule has 22 heteroatoms. The Morgan fingerprint density at radius 3 is 1.43 bits per heavy atom. The van der Waals surface area contributed by atoms with Gasteiger partial charge in [0.1, 0.15) is 35.9 Å². The molecule has 0 unspecified atom stereocenters. The van der Waals surface area contributed by atoms with Crippen LogP contribution in [0.3, 0.4) is 0 Å². The van der Waals surface area contributed by atoms with Crippen molar-refractivity contribution in [3.05, 3.63) is 127 Å². The van der Waals surface area contributed by atoms with Crippen molar-refractivity contribution in [3.63, 3.8) is 0 Å². The van der Waals surface area contributed by atoms with Crippen LogP contribution < -0.4 is 10.2 Å².